The smallest absolute Gasteiger partial charge is 0.387 e. The molecule has 1 aromatic rings. The Balaban J connectivity index is 2.47. The van der Waals surface area contributed by atoms with Gasteiger partial charge in [0.1, 0.15) is 6.61 Å². The standard InChI is InChI=1S/C15H16F3NO3/c1-2-7-22-8-6-14(21)19-10-13(20)11-4-3-5-12(9-11)15(16,17)18/h1,3-5,9,13,20H,6-8,10H2,(H,19,21). The van der Waals surface area contributed by atoms with Gasteiger partial charge in [0, 0.05) is 6.54 Å². The molecule has 0 bridgehead atoms. The molecule has 0 aliphatic rings. The van der Waals surface area contributed by atoms with Crippen LogP contribution in [0.1, 0.15) is 23.7 Å². The van der Waals surface area contributed by atoms with Crippen molar-refractivity contribution in [2.45, 2.75) is 18.7 Å². The fourth-order valence-corrected chi connectivity index (χ4v) is 1.63. The molecule has 2 N–H and O–H groups in total. The lowest BCUT2D eigenvalue weighted by molar-refractivity contribution is -0.137. The lowest BCUT2D eigenvalue weighted by atomic mass is 10.1. The second-order valence-electron chi connectivity index (χ2n) is 4.45. The highest BCUT2D eigenvalue weighted by atomic mass is 19.4. The first-order valence-electron chi connectivity index (χ1n) is 6.47. The van der Waals surface area contributed by atoms with Gasteiger partial charge in [0.2, 0.25) is 5.91 Å². The molecule has 0 aromatic heterocycles. The molecule has 1 atom stereocenters. The number of nitrogens with one attached hydrogen (secondary N) is 1. The van der Waals surface area contributed by atoms with Gasteiger partial charge in [-0.25, -0.2) is 0 Å². The van der Waals surface area contributed by atoms with Crippen molar-refractivity contribution in [3.05, 3.63) is 35.4 Å². The molecular formula is C15H16F3NO3. The van der Waals surface area contributed by atoms with E-state index in [1.54, 1.807) is 0 Å². The summed E-state index contributed by atoms with van der Waals surface area (Å²) in [6.45, 7) is 0.0467. The SMILES string of the molecule is C#CCOCCC(=O)NCC(O)c1cccc(C(F)(F)F)c1. The van der Waals surface area contributed by atoms with Crippen LogP contribution in [0.25, 0.3) is 0 Å². The third kappa shape index (κ3) is 6.16. The highest BCUT2D eigenvalue weighted by Gasteiger charge is 2.30. The van der Waals surface area contributed by atoms with Crippen LogP contribution in [0.5, 0.6) is 0 Å². The molecule has 0 heterocycles. The van der Waals surface area contributed by atoms with Gasteiger partial charge in [-0.2, -0.15) is 13.2 Å². The van der Waals surface area contributed by atoms with Gasteiger partial charge < -0.3 is 15.2 Å². The maximum atomic E-state index is 12.6. The average Bonchev–Trinajstić information content (AvgIpc) is 2.48. The van der Waals surface area contributed by atoms with Crippen LogP contribution in [-0.2, 0) is 15.7 Å². The molecule has 22 heavy (non-hydrogen) atoms. The zero-order valence-electron chi connectivity index (χ0n) is 11.7. The summed E-state index contributed by atoms with van der Waals surface area (Å²) in [7, 11) is 0. The number of aliphatic hydroxyl groups is 1. The van der Waals surface area contributed by atoms with Gasteiger partial charge in [-0.3, -0.25) is 4.79 Å². The average molecular weight is 315 g/mol. The molecule has 4 nitrogen and oxygen atoms in total. The fraction of sp³-hybridized carbons (Fsp3) is 0.400. The number of hydrogen-bond donors (Lipinski definition) is 2. The Hall–Kier alpha value is -2.04. The van der Waals surface area contributed by atoms with E-state index >= 15 is 0 Å². The van der Waals surface area contributed by atoms with Crippen LogP contribution in [0.4, 0.5) is 13.2 Å². The molecule has 7 heteroatoms. The molecule has 0 aliphatic carbocycles. The largest absolute Gasteiger partial charge is 0.416 e. The van der Waals surface area contributed by atoms with Crippen LogP contribution in [0.15, 0.2) is 24.3 Å². The minimum atomic E-state index is -4.48. The predicted octanol–water partition coefficient (Wildman–Crippen LogP) is 1.89. The van der Waals surface area contributed by atoms with Crippen molar-refractivity contribution in [2.75, 3.05) is 19.8 Å². The normalized spacial score (nSPS) is 12.5. The Kier molecular flexibility index (Phi) is 6.89. The number of carbonyl (C=O) groups is 1. The zero-order valence-corrected chi connectivity index (χ0v) is 11.7. The highest BCUT2D eigenvalue weighted by Crippen LogP contribution is 2.30. The van der Waals surface area contributed by atoms with Crippen molar-refractivity contribution in [1.29, 1.82) is 0 Å². The van der Waals surface area contributed by atoms with Gasteiger partial charge in [-0.1, -0.05) is 18.1 Å². The lowest BCUT2D eigenvalue weighted by Crippen LogP contribution is -2.29. The number of terminal acetylenes is 1. The van der Waals surface area contributed by atoms with Crippen LogP contribution in [0.2, 0.25) is 0 Å². The van der Waals surface area contributed by atoms with Gasteiger partial charge in [0.15, 0.2) is 0 Å². The van der Waals surface area contributed by atoms with Crippen molar-refractivity contribution in [3.63, 3.8) is 0 Å². The first-order chi connectivity index (χ1) is 10.3. The summed E-state index contributed by atoms with van der Waals surface area (Å²) in [5, 5.41) is 12.2. The molecular weight excluding hydrogens is 299 g/mol. The maximum Gasteiger partial charge on any atom is 0.416 e. The molecule has 0 fully saturated rings. The number of amides is 1. The van der Waals surface area contributed by atoms with Crippen LogP contribution >= 0.6 is 0 Å². The van der Waals surface area contributed by atoms with E-state index in [9.17, 15) is 23.1 Å². The Morgan fingerprint density at radius 2 is 2.18 bits per heavy atom. The van der Waals surface area contributed by atoms with Crippen LogP contribution in [-0.4, -0.2) is 30.8 Å². The van der Waals surface area contributed by atoms with Gasteiger partial charge in [-0.05, 0) is 17.7 Å². The van der Waals surface area contributed by atoms with Crippen molar-refractivity contribution in [3.8, 4) is 12.3 Å². The first kappa shape index (κ1) is 18.0. The Morgan fingerprint density at radius 1 is 1.45 bits per heavy atom. The molecule has 1 aromatic carbocycles. The van der Waals surface area contributed by atoms with Crippen LogP contribution < -0.4 is 5.32 Å². The molecule has 0 radical (unpaired) electrons. The molecule has 0 saturated carbocycles. The van der Waals surface area contributed by atoms with Crippen molar-refractivity contribution in [1.82, 2.24) is 5.32 Å². The predicted molar refractivity (Wildman–Crippen MR) is 73.7 cm³/mol. The summed E-state index contributed by atoms with van der Waals surface area (Å²) in [6, 6.07) is 4.34. The molecule has 1 unspecified atom stereocenters. The van der Waals surface area contributed by atoms with Gasteiger partial charge in [0.05, 0.1) is 24.7 Å². The summed E-state index contributed by atoms with van der Waals surface area (Å²) in [5.41, 5.74) is -0.767. The zero-order chi connectivity index (χ0) is 16.6. The molecule has 1 amide bonds. The third-order valence-corrected chi connectivity index (χ3v) is 2.75. The topological polar surface area (TPSA) is 58.6 Å². The number of rotatable bonds is 7. The number of ether oxygens (including phenoxy) is 1. The first-order valence-corrected chi connectivity index (χ1v) is 6.47. The fourth-order valence-electron chi connectivity index (χ4n) is 1.63. The Morgan fingerprint density at radius 3 is 2.82 bits per heavy atom. The second kappa shape index (κ2) is 8.41. The van der Waals surface area contributed by atoms with Crippen molar-refractivity contribution < 1.29 is 27.8 Å². The van der Waals surface area contributed by atoms with Gasteiger partial charge >= 0.3 is 6.18 Å². The summed E-state index contributed by atoms with van der Waals surface area (Å²) >= 11 is 0. The molecule has 0 spiro atoms. The van der Waals surface area contributed by atoms with E-state index < -0.39 is 17.8 Å². The molecule has 0 saturated heterocycles. The number of halogens is 3. The number of alkyl halides is 3. The number of hydrogen-bond acceptors (Lipinski definition) is 3. The van der Waals surface area contributed by atoms with E-state index in [-0.39, 0.29) is 37.6 Å². The highest BCUT2D eigenvalue weighted by molar-refractivity contribution is 5.76. The van der Waals surface area contributed by atoms with Gasteiger partial charge in [0.25, 0.3) is 0 Å². The molecule has 0 aliphatic heterocycles. The van der Waals surface area contributed by atoms with Gasteiger partial charge in [-0.15, -0.1) is 6.42 Å². The Labute approximate surface area is 126 Å². The van der Waals surface area contributed by atoms with E-state index in [1.165, 1.54) is 12.1 Å². The lowest BCUT2D eigenvalue weighted by Gasteiger charge is -2.14. The van der Waals surface area contributed by atoms with Crippen molar-refractivity contribution in [2.24, 2.45) is 0 Å². The molecule has 120 valence electrons. The van der Waals surface area contributed by atoms with E-state index in [0.29, 0.717) is 0 Å². The minimum Gasteiger partial charge on any atom is -0.387 e. The van der Waals surface area contributed by atoms with E-state index in [4.69, 9.17) is 11.2 Å². The number of benzene rings is 1. The quantitative estimate of drug-likeness (QED) is 0.597. The number of carbonyl (C=O) groups excluding carboxylic acids is 1. The van der Waals surface area contributed by atoms with Crippen LogP contribution in [0, 0.1) is 12.3 Å². The summed E-state index contributed by atoms with van der Waals surface area (Å²) in [6.07, 6.45) is -0.688. The van der Waals surface area contributed by atoms with E-state index in [1.807, 2.05) is 0 Å². The third-order valence-electron chi connectivity index (χ3n) is 2.75. The molecule has 1 rings (SSSR count). The van der Waals surface area contributed by atoms with E-state index in [2.05, 4.69) is 11.2 Å². The number of aliphatic hydroxyl groups excluding tert-OH is 1. The summed E-state index contributed by atoms with van der Waals surface area (Å²) in [4.78, 5) is 11.4. The minimum absolute atomic E-state index is 0.0526. The monoisotopic (exact) mass is 315 g/mol. The maximum absolute atomic E-state index is 12.6. The summed E-state index contributed by atoms with van der Waals surface area (Å²) in [5.74, 6) is 1.86. The van der Waals surface area contributed by atoms with Crippen molar-refractivity contribution >= 4 is 5.91 Å². The van der Waals surface area contributed by atoms with E-state index in [0.717, 1.165) is 12.1 Å². The van der Waals surface area contributed by atoms with Crippen LogP contribution in [0.3, 0.4) is 0 Å². The summed E-state index contributed by atoms with van der Waals surface area (Å²) < 4.78 is 42.6. The Bertz CT molecular complexity index is 538. The second-order valence-corrected chi connectivity index (χ2v) is 4.45.